The van der Waals surface area contributed by atoms with Crippen molar-refractivity contribution in [3.8, 4) is 0 Å². The molecule has 1 fully saturated rings. The van der Waals surface area contributed by atoms with Crippen LogP contribution in [0.1, 0.15) is 18.2 Å². The molecular formula is C13H20N2O4S. The number of carboxylic acid groups (broad SMARTS) is 1. The molecule has 2 heterocycles. The number of rotatable bonds is 3. The lowest BCUT2D eigenvalue weighted by Crippen LogP contribution is -2.54. The molecule has 1 aliphatic rings. The summed E-state index contributed by atoms with van der Waals surface area (Å²) in [6.45, 7) is 2.55. The Morgan fingerprint density at radius 3 is 2.80 bits per heavy atom. The second kappa shape index (κ2) is 8.68. The molecule has 0 bridgehead atoms. The Labute approximate surface area is 121 Å². The smallest absolute Gasteiger partial charge is 0.300 e. The van der Waals surface area contributed by atoms with Gasteiger partial charge in [0.1, 0.15) is 0 Å². The number of hydrogen-bond acceptors (Lipinski definition) is 5. The third kappa shape index (κ3) is 6.65. The first-order valence-corrected chi connectivity index (χ1v) is 7.27. The highest BCUT2D eigenvalue weighted by atomic mass is 32.1. The lowest BCUT2D eigenvalue weighted by molar-refractivity contribution is -0.134. The van der Waals surface area contributed by atoms with Gasteiger partial charge in [0.2, 0.25) is 5.91 Å². The molecule has 1 aromatic rings. The lowest BCUT2D eigenvalue weighted by Gasteiger charge is -2.29. The van der Waals surface area contributed by atoms with E-state index in [0.29, 0.717) is 19.4 Å². The minimum atomic E-state index is -0.833. The molecule has 2 atom stereocenters. The maximum atomic E-state index is 11.7. The Hall–Kier alpha value is -1.44. The molecule has 0 radical (unpaired) electrons. The van der Waals surface area contributed by atoms with Crippen molar-refractivity contribution >= 4 is 23.2 Å². The molecule has 2 rings (SSSR count). The number of hydrogen-bond donors (Lipinski definition) is 4. The van der Waals surface area contributed by atoms with E-state index >= 15 is 0 Å². The molecule has 20 heavy (non-hydrogen) atoms. The number of thiophene rings is 1. The number of amides is 1. The van der Waals surface area contributed by atoms with Crippen LogP contribution >= 0.6 is 11.3 Å². The van der Waals surface area contributed by atoms with Gasteiger partial charge < -0.3 is 20.8 Å². The van der Waals surface area contributed by atoms with Crippen molar-refractivity contribution in [3.05, 3.63) is 22.4 Å². The normalized spacial score (nSPS) is 21.5. The molecule has 1 aromatic heterocycles. The summed E-state index contributed by atoms with van der Waals surface area (Å²) in [5.74, 6) is -0.852. The van der Waals surface area contributed by atoms with Crippen molar-refractivity contribution in [2.75, 3.05) is 13.1 Å². The summed E-state index contributed by atoms with van der Waals surface area (Å²) in [4.78, 5) is 21.7. The van der Waals surface area contributed by atoms with Crippen LogP contribution < -0.4 is 10.6 Å². The third-order valence-electron chi connectivity index (χ3n) is 2.71. The topological polar surface area (TPSA) is 98.7 Å². The van der Waals surface area contributed by atoms with Gasteiger partial charge >= 0.3 is 0 Å². The average Bonchev–Trinajstić information content (AvgIpc) is 2.84. The van der Waals surface area contributed by atoms with E-state index in [-0.39, 0.29) is 11.9 Å². The first kappa shape index (κ1) is 16.6. The van der Waals surface area contributed by atoms with E-state index in [4.69, 9.17) is 9.90 Å². The molecule has 1 saturated heterocycles. The summed E-state index contributed by atoms with van der Waals surface area (Å²) >= 11 is 1.58. The first-order chi connectivity index (χ1) is 9.49. The van der Waals surface area contributed by atoms with Gasteiger partial charge in [0.25, 0.3) is 5.97 Å². The van der Waals surface area contributed by atoms with Crippen LogP contribution in [0.5, 0.6) is 0 Å². The zero-order valence-electron chi connectivity index (χ0n) is 11.3. The van der Waals surface area contributed by atoms with E-state index in [0.717, 1.165) is 18.3 Å². The number of aliphatic hydroxyl groups excluding tert-OH is 1. The highest BCUT2D eigenvalue weighted by Crippen LogP contribution is 2.09. The SMILES string of the molecule is CC(=O)O.O=C(Cc1cccs1)N[C@H]1CNCC[C@H]1O. The van der Waals surface area contributed by atoms with Crippen molar-refractivity contribution in [1.29, 1.82) is 0 Å². The number of nitrogens with one attached hydrogen (secondary N) is 2. The van der Waals surface area contributed by atoms with Crippen molar-refractivity contribution in [1.82, 2.24) is 10.6 Å². The maximum absolute atomic E-state index is 11.7. The second-order valence-electron chi connectivity index (χ2n) is 4.51. The van der Waals surface area contributed by atoms with Crippen LogP contribution in [0.2, 0.25) is 0 Å². The largest absolute Gasteiger partial charge is 0.481 e. The van der Waals surface area contributed by atoms with E-state index in [2.05, 4.69) is 10.6 Å². The Balaban J connectivity index is 0.000000444. The van der Waals surface area contributed by atoms with Gasteiger partial charge in [0.15, 0.2) is 0 Å². The van der Waals surface area contributed by atoms with E-state index in [1.165, 1.54) is 0 Å². The van der Waals surface area contributed by atoms with Gasteiger partial charge in [-0.1, -0.05) is 6.07 Å². The average molecular weight is 300 g/mol. The molecule has 0 aromatic carbocycles. The quantitative estimate of drug-likeness (QED) is 0.640. The molecule has 6 nitrogen and oxygen atoms in total. The summed E-state index contributed by atoms with van der Waals surface area (Å²) in [6.07, 6.45) is 0.679. The van der Waals surface area contributed by atoms with Crippen molar-refractivity contribution in [3.63, 3.8) is 0 Å². The van der Waals surface area contributed by atoms with Gasteiger partial charge in [0, 0.05) is 18.3 Å². The van der Waals surface area contributed by atoms with Gasteiger partial charge in [-0.05, 0) is 24.4 Å². The van der Waals surface area contributed by atoms with Gasteiger partial charge in [-0.2, -0.15) is 0 Å². The van der Waals surface area contributed by atoms with Gasteiger partial charge in [0.05, 0.1) is 18.6 Å². The monoisotopic (exact) mass is 300 g/mol. The van der Waals surface area contributed by atoms with E-state index < -0.39 is 12.1 Å². The molecule has 0 aliphatic carbocycles. The van der Waals surface area contributed by atoms with Crippen molar-refractivity contribution in [2.45, 2.75) is 31.9 Å². The molecule has 1 aliphatic heterocycles. The number of piperidine rings is 1. The second-order valence-corrected chi connectivity index (χ2v) is 5.54. The zero-order chi connectivity index (χ0) is 15.0. The number of carboxylic acids is 1. The fourth-order valence-electron chi connectivity index (χ4n) is 1.82. The van der Waals surface area contributed by atoms with Crippen LogP contribution in [0, 0.1) is 0 Å². The summed E-state index contributed by atoms with van der Waals surface area (Å²) in [5, 5.41) is 25.1. The predicted molar refractivity (Wildman–Crippen MR) is 76.8 cm³/mol. The molecule has 7 heteroatoms. The maximum Gasteiger partial charge on any atom is 0.300 e. The van der Waals surface area contributed by atoms with Crippen LogP contribution in [0.25, 0.3) is 0 Å². The molecule has 4 N–H and O–H groups in total. The van der Waals surface area contributed by atoms with E-state index in [1.807, 2.05) is 17.5 Å². The van der Waals surface area contributed by atoms with Gasteiger partial charge in [-0.15, -0.1) is 11.3 Å². The van der Waals surface area contributed by atoms with Gasteiger partial charge in [-0.3, -0.25) is 9.59 Å². The van der Waals surface area contributed by atoms with Crippen molar-refractivity contribution < 1.29 is 19.8 Å². The minimum Gasteiger partial charge on any atom is -0.481 e. The van der Waals surface area contributed by atoms with Gasteiger partial charge in [-0.25, -0.2) is 0 Å². The zero-order valence-corrected chi connectivity index (χ0v) is 12.2. The Bertz CT molecular complexity index is 418. The summed E-state index contributed by atoms with van der Waals surface area (Å²) in [6, 6.07) is 3.73. The van der Waals surface area contributed by atoms with E-state index in [9.17, 15) is 9.90 Å². The van der Waals surface area contributed by atoms with Crippen LogP contribution in [-0.2, 0) is 16.0 Å². The number of aliphatic hydroxyl groups is 1. The third-order valence-corrected chi connectivity index (χ3v) is 3.58. The highest BCUT2D eigenvalue weighted by Gasteiger charge is 2.24. The molecule has 0 saturated carbocycles. The summed E-state index contributed by atoms with van der Waals surface area (Å²) in [7, 11) is 0. The Morgan fingerprint density at radius 1 is 1.55 bits per heavy atom. The summed E-state index contributed by atoms with van der Waals surface area (Å²) < 4.78 is 0. The number of aliphatic carboxylic acids is 1. The highest BCUT2D eigenvalue weighted by molar-refractivity contribution is 7.10. The molecule has 1 amide bonds. The lowest BCUT2D eigenvalue weighted by atomic mass is 10.0. The fraction of sp³-hybridized carbons (Fsp3) is 0.538. The predicted octanol–water partition coefficient (Wildman–Crippen LogP) is 0.220. The molecular weight excluding hydrogens is 280 g/mol. The van der Waals surface area contributed by atoms with Crippen molar-refractivity contribution in [2.24, 2.45) is 0 Å². The molecule has 0 unspecified atom stereocenters. The van der Waals surface area contributed by atoms with Crippen LogP contribution in [0.3, 0.4) is 0 Å². The van der Waals surface area contributed by atoms with Crippen LogP contribution in [-0.4, -0.2) is 47.3 Å². The Kier molecular flexibility index (Phi) is 7.21. The minimum absolute atomic E-state index is 0.0183. The Morgan fingerprint density at radius 2 is 2.25 bits per heavy atom. The van der Waals surface area contributed by atoms with Crippen LogP contribution in [0.4, 0.5) is 0 Å². The number of carbonyl (C=O) groups is 2. The summed E-state index contributed by atoms with van der Waals surface area (Å²) in [5.41, 5.74) is 0. The molecule has 0 spiro atoms. The first-order valence-electron chi connectivity index (χ1n) is 6.39. The number of carbonyl (C=O) groups excluding carboxylic acids is 1. The van der Waals surface area contributed by atoms with Crippen LogP contribution in [0.15, 0.2) is 17.5 Å². The van der Waals surface area contributed by atoms with E-state index in [1.54, 1.807) is 11.3 Å². The molecule has 112 valence electrons. The standard InChI is InChI=1S/C11H16N2O2S.C2H4O2/c14-10-3-4-12-7-9(10)13-11(15)6-8-2-1-5-16-8;1-2(3)4/h1-2,5,9-10,12,14H,3-4,6-7H2,(H,13,15);1H3,(H,3,4)/t9-,10+;/m0./s1. The fourth-order valence-corrected chi connectivity index (χ4v) is 2.52.